The minimum absolute atomic E-state index is 0.00668. The van der Waals surface area contributed by atoms with Crippen LogP contribution in [0.4, 0.5) is 5.13 Å². The van der Waals surface area contributed by atoms with Crippen molar-refractivity contribution >= 4 is 28.3 Å². The molecule has 6 nitrogen and oxygen atoms in total. The molecule has 0 saturated carbocycles. The summed E-state index contributed by atoms with van der Waals surface area (Å²) in [6.07, 6.45) is 3.71. The molecule has 1 unspecified atom stereocenters. The Hall–Kier alpha value is -2.28. The number of hydrogen-bond donors (Lipinski definition) is 1. The second-order valence-electron chi connectivity index (χ2n) is 6.15. The quantitative estimate of drug-likeness (QED) is 0.861. The Balaban J connectivity index is 1.61. The number of nitrogens with one attached hydrogen (secondary N) is 1. The minimum atomic E-state index is -0.422. The van der Waals surface area contributed by atoms with E-state index >= 15 is 0 Å². The molecule has 25 heavy (non-hydrogen) atoms. The van der Waals surface area contributed by atoms with Crippen LogP contribution in [0.5, 0.6) is 0 Å². The third-order valence-electron chi connectivity index (χ3n) is 4.23. The second kappa shape index (κ2) is 8.20. The van der Waals surface area contributed by atoms with E-state index in [9.17, 15) is 9.59 Å². The van der Waals surface area contributed by atoms with Crippen molar-refractivity contribution in [3.8, 4) is 0 Å². The summed E-state index contributed by atoms with van der Waals surface area (Å²) in [7, 11) is 0. The Morgan fingerprint density at radius 2 is 2.08 bits per heavy atom. The van der Waals surface area contributed by atoms with Crippen LogP contribution in [0.1, 0.15) is 36.8 Å². The molecule has 7 heteroatoms. The molecule has 2 heterocycles. The van der Waals surface area contributed by atoms with Crippen LogP contribution < -0.4 is 5.32 Å². The number of aromatic nitrogens is 2. The molecular formula is C18H22N4O2S. The maximum Gasteiger partial charge on any atom is 0.249 e. The molecule has 1 aliphatic rings. The van der Waals surface area contributed by atoms with Crippen molar-refractivity contribution in [1.82, 2.24) is 15.1 Å². The van der Waals surface area contributed by atoms with Crippen molar-refractivity contribution in [3.05, 3.63) is 40.9 Å². The van der Waals surface area contributed by atoms with Gasteiger partial charge in [0, 0.05) is 13.0 Å². The molecule has 2 aromatic rings. The number of carbonyl (C=O) groups is 2. The van der Waals surface area contributed by atoms with Gasteiger partial charge in [-0.25, -0.2) is 0 Å². The van der Waals surface area contributed by atoms with Crippen molar-refractivity contribution in [2.45, 2.75) is 45.1 Å². The number of carbonyl (C=O) groups excluding carboxylic acids is 2. The van der Waals surface area contributed by atoms with E-state index in [1.807, 2.05) is 30.3 Å². The molecule has 1 N–H and O–H groups in total. The van der Waals surface area contributed by atoms with E-state index in [0.717, 1.165) is 29.8 Å². The zero-order chi connectivity index (χ0) is 17.6. The molecule has 0 radical (unpaired) electrons. The molecule has 1 fully saturated rings. The van der Waals surface area contributed by atoms with Gasteiger partial charge >= 0.3 is 0 Å². The summed E-state index contributed by atoms with van der Waals surface area (Å²) in [4.78, 5) is 26.9. The van der Waals surface area contributed by atoms with Gasteiger partial charge in [0.05, 0.1) is 6.42 Å². The standard InChI is InChI=1S/C18H22N4O2S/c1-2-7-15-20-21-18(25-15)19-17(24)14-10-6-11-22(14)16(23)12-13-8-4-3-5-9-13/h3-5,8-9,14H,2,6-7,10-12H2,1H3,(H,19,21,24). The van der Waals surface area contributed by atoms with Crippen molar-refractivity contribution in [2.75, 3.05) is 11.9 Å². The Morgan fingerprint density at radius 1 is 1.28 bits per heavy atom. The number of aryl methyl sites for hydroxylation is 1. The van der Waals surface area contributed by atoms with Gasteiger partial charge in [0.2, 0.25) is 16.9 Å². The number of hydrogen-bond acceptors (Lipinski definition) is 5. The number of likely N-dealkylation sites (tertiary alicyclic amines) is 1. The van der Waals surface area contributed by atoms with E-state index in [1.165, 1.54) is 11.3 Å². The normalized spacial score (nSPS) is 16.8. The molecule has 3 rings (SSSR count). The molecule has 1 atom stereocenters. The molecule has 1 aromatic carbocycles. The minimum Gasteiger partial charge on any atom is -0.330 e. The fourth-order valence-electron chi connectivity index (χ4n) is 3.02. The Labute approximate surface area is 151 Å². The third kappa shape index (κ3) is 4.42. The van der Waals surface area contributed by atoms with Crippen LogP contribution in [0.3, 0.4) is 0 Å². The molecule has 0 aliphatic carbocycles. The van der Waals surface area contributed by atoms with Crippen LogP contribution in [0.2, 0.25) is 0 Å². The van der Waals surface area contributed by atoms with E-state index < -0.39 is 6.04 Å². The van der Waals surface area contributed by atoms with E-state index in [0.29, 0.717) is 24.5 Å². The third-order valence-corrected chi connectivity index (χ3v) is 5.13. The van der Waals surface area contributed by atoms with Gasteiger partial charge in [0.15, 0.2) is 0 Å². The van der Waals surface area contributed by atoms with E-state index in [1.54, 1.807) is 4.90 Å². The summed E-state index contributed by atoms with van der Waals surface area (Å²) in [5.74, 6) is -0.175. The maximum absolute atomic E-state index is 12.6. The molecular weight excluding hydrogens is 336 g/mol. The topological polar surface area (TPSA) is 75.2 Å². The highest BCUT2D eigenvalue weighted by Crippen LogP contribution is 2.22. The fraction of sp³-hybridized carbons (Fsp3) is 0.444. The predicted octanol–water partition coefficient (Wildman–Crippen LogP) is 2.66. The lowest BCUT2D eigenvalue weighted by Gasteiger charge is -2.23. The maximum atomic E-state index is 12.6. The lowest BCUT2D eigenvalue weighted by molar-refractivity contribution is -0.136. The lowest BCUT2D eigenvalue weighted by Crippen LogP contribution is -2.43. The summed E-state index contributed by atoms with van der Waals surface area (Å²) in [6.45, 7) is 2.70. The molecule has 1 aliphatic heterocycles. The molecule has 132 valence electrons. The number of rotatable bonds is 6. The predicted molar refractivity (Wildman–Crippen MR) is 97.4 cm³/mol. The summed E-state index contributed by atoms with van der Waals surface area (Å²) >= 11 is 1.40. The largest absolute Gasteiger partial charge is 0.330 e. The summed E-state index contributed by atoms with van der Waals surface area (Å²) in [5, 5.41) is 12.3. The van der Waals surface area contributed by atoms with Gasteiger partial charge in [-0.15, -0.1) is 10.2 Å². The van der Waals surface area contributed by atoms with Gasteiger partial charge in [-0.3, -0.25) is 14.9 Å². The first-order valence-corrected chi connectivity index (χ1v) is 9.45. The monoisotopic (exact) mass is 358 g/mol. The second-order valence-corrected chi connectivity index (χ2v) is 7.21. The Bertz CT molecular complexity index is 732. The summed E-state index contributed by atoms with van der Waals surface area (Å²) in [5.41, 5.74) is 0.965. The summed E-state index contributed by atoms with van der Waals surface area (Å²) in [6, 6.07) is 9.20. The van der Waals surface area contributed by atoms with Crippen LogP contribution in [0, 0.1) is 0 Å². The first-order valence-electron chi connectivity index (χ1n) is 8.64. The van der Waals surface area contributed by atoms with Crippen LogP contribution in [0.25, 0.3) is 0 Å². The number of anilines is 1. The SMILES string of the molecule is CCCc1nnc(NC(=O)C2CCCN2C(=O)Cc2ccccc2)s1. The van der Waals surface area contributed by atoms with E-state index in [4.69, 9.17) is 0 Å². The molecule has 0 spiro atoms. The van der Waals surface area contributed by atoms with Crippen molar-refractivity contribution < 1.29 is 9.59 Å². The average Bonchev–Trinajstić information content (AvgIpc) is 3.25. The zero-order valence-corrected chi connectivity index (χ0v) is 15.1. The smallest absolute Gasteiger partial charge is 0.249 e. The van der Waals surface area contributed by atoms with Crippen LogP contribution in [-0.4, -0.2) is 39.5 Å². The van der Waals surface area contributed by atoms with E-state index in [-0.39, 0.29) is 11.8 Å². The average molecular weight is 358 g/mol. The Morgan fingerprint density at radius 3 is 2.84 bits per heavy atom. The van der Waals surface area contributed by atoms with Crippen LogP contribution in [-0.2, 0) is 22.4 Å². The first-order chi connectivity index (χ1) is 12.2. The van der Waals surface area contributed by atoms with Crippen molar-refractivity contribution in [2.24, 2.45) is 0 Å². The highest BCUT2D eigenvalue weighted by Gasteiger charge is 2.34. The number of amides is 2. The summed E-state index contributed by atoms with van der Waals surface area (Å²) < 4.78 is 0. The first kappa shape index (κ1) is 17.5. The molecule has 2 amide bonds. The van der Waals surface area contributed by atoms with E-state index in [2.05, 4.69) is 22.4 Å². The lowest BCUT2D eigenvalue weighted by atomic mass is 10.1. The number of nitrogens with zero attached hydrogens (tertiary/aromatic N) is 3. The Kier molecular flexibility index (Phi) is 5.75. The van der Waals surface area contributed by atoms with Crippen molar-refractivity contribution in [3.63, 3.8) is 0 Å². The molecule has 1 aromatic heterocycles. The fourth-order valence-corrected chi connectivity index (χ4v) is 3.86. The molecule has 0 bridgehead atoms. The number of benzene rings is 1. The van der Waals surface area contributed by atoms with Gasteiger partial charge in [0.1, 0.15) is 11.0 Å². The van der Waals surface area contributed by atoms with Gasteiger partial charge in [-0.2, -0.15) is 0 Å². The highest BCUT2D eigenvalue weighted by atomic mass is 32.1. The van der Waals surface area contributed by atoms with Crippen molar-refractivity contribution in [1.29, 1.82) is 0 Å². The van der Waals surface area contributed by atoms with Gasteiger partial charge in [-0.1, -0.05) is 48.6 Å². The zero-order valence-electron chi connectivity index (χ0n) is 14.3. The van der Waals surface area contributed by atoms with Crippen LogP contribution >= 0.6 is 11.3 Å². The van der Waals surface area contributed by atoms with Gasteiger partial charge in [0.25, 0.3) is 0 Å². The highest BCUT2D eigenvalue weighted by molar-refractivity contribution is 7.15. The van der Waals surface area contributed by atoms with Crippen LogP contribution in [0.15, 0.2) is 30.3 Å². The molecule has 1 saturated heterocycles. The van der Waals surface area contributed by atoms with Gasteiger partial charge < -0.3 is 4.90 Å². The van der Waals surface area contributed by atoms with Gasteiger partial charge in [-0.05, 0) is 24.8 Å².